The number of Topliss-reactive ketones (excluding diaryl/α,β-unsaturated/α-hetero) is 2. The molecule has 3 aliphatic rings. The molecule has 0 spiro atoms. The molecule has 5 heteroatoms. The molecule has 210 valence electrons. The van der Waals surface area contributed by atoms with Gasteiger partial charge in [0, 0.05) is 47.8 Å². The molecule has 0 saturated carbocycles. The fourth-order valence-corrected chi connectivity index (χ4v) is 6.65. The van der Waals surface area contributed by atoms with E-state index in [-0.39, 0.29) is 17.5 Å². The molecule has 6 rings (SSSR count). The van der Waals surface area contributed by atoms with Crippen LogP contribution in [0.2, 0.25) is 0 Å². The number of carbonyl (C=O) groups is 2. The van der Waals surface area contributed by atoms with Crippen LogP contribution in [0.4, 0.5) is 0 Å². The Bertz CT molecular complexity index is 1490. The van der Waals surface area contributed by atoms with E-state index in [1.165, 1.54) is 11.1 Å². The summed E-state index contributed by atoms with van der Waals surface area (Å²) >= 11 is 0. The van der Waals surface area contributed by atoms with Crippen molar-refractivity contribution in [1.29, 1.82) is 0 Å². The van der Waals surface area contributed by atoms with Gasteiger partial charge in [-0.05, 0) is 67.9 Å². The van der Waals surface area contributed by atoms with Crippen molar-refractivity contribution in [3.63, 3.8) is 0 Å². The van der Waals surface area contributed by atoms with E-state index in [9.17, 15) is 9.59 Å². The summed E-state index contributed by atoms with van der Waals surface area (Å²) in [5.41, 5.74) is 8.26. The molecule has 1 aliphatic heterocycles. The van der Waals surface area contributed by atoms with Crippen LogP contribution >= 0.6 is 0 Å². The van der Waals surface area contributed by atoms with E-state index >= 15 is 0 Å². The largest absolute Gasteiger partial charge is 0.493 e. The number of ether oxygens (including phenoxy) is 2. The van der Waals surface area contributed by atoms with E-state index in [4.69, 9.17) is 9.47 Å². The van der Waals surface area contributed by atoms with Crippen molar-refractivity contribution >= 4 is 11.6 Å². The lowest BCUT2D eigenvalue weighted by atomic mass is 9.71. The fraction of sp³-hybridized carbons (Fsp3) is 0.333. The molecule has 0 radical (unpaired) electrons. The van der Waals surface area contributed by atoms with E-state index in [1.54, 1.807) is 7.11 Å². The highest BCUT2D eigenvalue weighted by Crippen LogP contribution is 2.50. The molecule has 1 heterocycles. The second-order valence-electron chi connectivity index (χ2n) is 11.3. The zero-order valence-corrected chi connectivity index (χ0v) is 23.9. The van der Waals surface area contributed by atoms with Gasteiger partial charge in [-0.1, -0.05) is 66.2 Å². The highest BCUT2D eigenvalue weighted by Gasteiger charge is 2.43. The topological polar surface area (TPSA) is 55.8 Å². The molecule has 0 unspecified atom stereocenters. The second-order valence-corrected chi connectivity index (χ2v) is 11.3. The molecule has 0 amide bonds. The Hall–Kier alpha value is -4.12. The van der Waals surface area contributed by atoms with Crippen molar-refractivity contribution in [3.05, 3.63) is 118 Å². The van der Waals surface area contributed by atoms with Crippen LogP contribution in [0.15, 0.2) is 95.3 Å². The summed E-state index contributed by atoms with van der Waals surface area (Å²) in [6, 6.07) is 24.6. The maximum Gasteiger partial charge on any atom is 0.161 e. The van der Waals surface area contributed by atoms with Gasteiger partial charge in [-0.15, -0.1) is 0 Å². The third-order valence-electron chi connectivity index (χ3n) is 8.55. The maximum absolute atomic E-state index is 13.6. The number of ketones is 2. The van der Waals surface area contributed by atoms with Crippen LogP contribution in [-0.2, 0) is 22.6 Å². The lowest BCUT2D eigenvalue weighted by Gasteiger charge is -2.44. The molecule has 3 aromatic carbocycles. The van der Waals surface area contributed by atoms with Gasteiger partial charge in [0.05, 0.1) is 7.11 Å². The molecule has 0 N–H and O–H groups in total. The number of rotatable bonds is 8. The fourth-order valence-electron chi connectivity index (χ4n) is 6.65. The molecule has 0 bridgehead atoms. The molecule has 0 aromatic heterocycles. The molecule has 0 saturated heterocycles. The summed E-state index contributed by atoms with van der Waals surface area (Å²) in [5, 5.41) is 0. The zero-order chi connectivity index (χ0) is 28.3. The standard InChI is InChI=1S/C36H37NO4/c1-24-9-6-12-26(21-24)23-41-32-18-17-27(22-33(32)40-2)34-35-28(13-7-15-30(35)38)37(20-19-25-10-4-3-5-11-25)29-14-8-16-31(39)36(29)34/h3-6,9-12,17-18,21-22,34H,7-8,13-16,19-20,23H2,1-2H3. The van der Waals surface area contributed by atoms with Gasteiger partial charge in [0.15, 0.2) is 23.1 Å². The third kappa shape index (κ3) is 5.46. The number of allylic oxidation sites excluding steroid dienone is 4. The Morgan fingerprint density at radius 3 is 2.10 bits per heavy atom. The van der Waals surface area contributed by atoms with Gasteiger partial charge in [0.25, 0.3) is 0 Å². The number of hydrogen-bond acceptors (Lipinski definition) is 5. The lowest BCUT2D eigenvalue weighted by Crippen LogP contribution is -2.39. The molecule has 3 aromatic rings. The van der Waals surface area contributed by atoms with Crippen LogP contribution in [0, 0.1) is 6.92 Å². The van der Waals surface area contributed by atoms with Gasteiger partial charge in [-0.25, -0.2) is 0 Å². The quantitative estimate of drug-likeness (QED) is 0.298. The van der Waals surface area contributed by atoms with Crippen molar-refractivity contribution in [2.75, 3.05) is 13.7 Å². The number of aryl methyl sites for hydroxylation is 1. The second kappa shape index (κ2) is 11.8. The van der Waals surface area contributed by atoms with Crippen molar-refractivity contribution in [2.45, 2.75) is 64.4 Å². The molecule has 5 nitrogen and oxygen atoms in total. The van der Waals surface area contributed by atoms with Gasteiger partial charge in [-0.3, -0.25) is 9.59 Å². The van der Waals surface area contributed by atoms with Gasteiger partial charge < -0.3 is 14.4 Å². The minimum absolute atomic E-state index is 0.157. The van der Waals surface area contributed by atoms with E-state index in [1.807, 2.05) is 36.4 Å². The van der Waals surface area contributed by atoms with Crippen molar-refractivity contribution in [1.82, 2.24) is 4.90 Å². The molecule has 41 heavy (non-hydrogen) atoms. The molecule has 2 aliphatic carbocycles. The van der Waals surface area contributed by atoms with E-state index < -0.39 is 0 Å². The van der Waals surface area contributed by atoms with Crippen molar-refractivity contribution in [3.8, 4) is 11.5 Å². The van der Waals surface area contributed by atoms with Crippen LogP contribution < -0.4 is 9.47 Å². The number of methoxy groups -OCH3 is 1. The first-order valence-electron chi connectivity index (χ1n) is 14.7. The number of benzene rings is 3. The van der Waals surface area contributed by atoms with Gasteiger partial charge in [0.1, 0.15) is 6.61 Å². The Morgan fingerprint density at radius 1 is 0.756 bits per heavy atom. The summed E-state index contributed by atoms with van der Waals surface area (Å²) in [6.45, 7) is 3.26. The van der Waals surface area contributed by atoms with Gasteiger partial charge in [0.2, 0.25) is 0 Å². The number of nitrogens with zero attached hydrogens (tertiary/aromatic N) is 1. The number of hydrogen-bond donors (Lipinski definition) is 0. The predicted molar refractivity (Wildman–Crippen MR) is 160 cm³/mol. The van der Waals surface area contributed by atoms with Crippen LogP contribution in [0.25, 0.3) is 0 Å². The van der Waals surface area contributed by atoms with Crippen LogP contribution in [0.5, 0.6) is 11.5 Å². The smallest absolute Gasteiger partial charge is 0.161 e. The molecule has 0 atom stereocenters. The Kier molecular flexibility index (Phi) is 7.78. The average molecular weight is 548 g/mol. The first kappa shape index (κ1) is 27.1. The van der Waals surface area contributed by atoms with E-state index in [0.29, 0.717) is 30.9 Å². The van der Waals surface area contributed by atoms with Gasteiger partial charge >= 0.3 is 0 Å². The summed E-state index contributed by atoms with van der Waals surface area (Å²) in [5.74, 6) is 1.20. The first-order valence-corrected chi connectivity index (χ1v) is 14.7. The molecular formula is C36H37NO4. The summed E-state index contributed by atoms with van der Waals surface area (Å²) in [7, 11) is 1.64. The summed E-state index contributed by atoms with van der Waals surface area (Å²) in [6.07, 6.45) is 5.30. The SMILES string of the molecule is COc1cc(C2C3=C(CCCC3=O)N(CCc3ccccc3)C3=C2C(=O)CCC3)ccc1OCc1cccc(C)c1. The van der Waals surface area contributed by atoms with Crippen LogP contribution in [0.1, 0.15) is 66.7 Å². The number of carbonyl (C=O) groups excluding carboxylic acids is 2. The van der Waals surface area contributed by atoms with Crippen LogP contribution in [-0.4, -0.2) is 30.1 Å². The average Bonchev–Trinajstić information content (AvgIpc) is 2.99. The molecule has 0 fully saturated rings. The zero-order valence-electron chi connectivity index (χ0n) is 23.9. The third-order valence-corrected chi connectivity index (χ3v) is 8.55. The Labute approximate surface area is 242 Å². The van der Waals surface area contributed by atoms with Gasteiger partial charge in [-0.2, -0.15) is 0 Å². The minimum Gasteiger partial charge on any atom is -0.493 e. The highest BCUT2D eigenvalue weighted by molar-refractivity contribution is 6.06. The Balaban J connectivity index is 1.38. The lowest BCUT2D eigenvalue weighted by molar-refractivity contribution is -0.117. The predicted octanol–water partition coefficient (Wildman–Crippen LogP) is 7.24. The minimum atomic E-state index is -0.367. The first-order chi connectivity index (χ1) is 20.0. The Morgan fingerprint density at radius 2 is 1.44 bits per heavy atom. The van der Waals surface area contributed by atoms with E-state index in [2.05, 4.69) is 48.2 Å². The maximum atomic E-state index is 13.6. The van der Waals surface area contributed by atoms with Crippen LogP contribution in [0.3, 0.4) is 0 Å². The monoisotopic (exact) mass is 547 g/mol. The summed E-state index contributed by atoms with van der Waals surface area (Å²) in [4.78, 5) is 29.6. The van der Waals surface area contributed by atoms with E-state index in [0.717, 1.165) is 72.3 Å². The summed E-state index contributed by atoms with van der Waals surface area (Å²) < 4.78 is 12.0. The van der Waals surface area contributed by atoms with Crippen molar-refractivity contribution < 1.29 is 19.1 Å². The highest BCUT2D eigenvalue weighted by atomic mass is 16.5. The normalized spacial score (nSPS) is 17.5. The molecular weight excluding hydrogens is 510 g/mol. The van der Waals surface area contributed by atoms with Crippen molar-refractivity contribution in [2.24, 2.45) is 0 Å².